The Morgan fingerprint density at radius 1 is 1.17 bits per heavy atom. The number of aryl methyl sites for hydroxylation is 2. The van der Waals surface area contributed by atoms with Crippen molar-refractivity contribution >= 4 is 17.8 Å². The van der Waals surface area contributed by atoms with Gasteiger partial charge < -0.3 is 24.1 Å². The molecule has 0 saturated carbocycles. The van der Waals surface area contributed by atoms with Crippen LogP contribution in [0.3, 0.4) is 0 Å². The van der Waals surface area contributed by atoms with E-state index in [4.69, 9.17) is 18.7 Å². The molecule has 0 radical (unpaired) electrons. The van der Waals surface area contributed by atoms with Gasteiger partial charge in [0, 0.05) is 13.0 Å². The summed E-state index contributed by atoms with van der Waals surface area (Å²) in [7, 11) is 0. The zero-order valence-electron chi connectivity index (χ0n) is 17.4. The minimum atomic E-state index is -0.639. The van der Waals surface area contributed by atoms with Gasteiger partial charge in [0.05, 0.1) is 23.4 Å². The van der Waals surface area contributed by atoms with E-state index in [9.17, 15) is 14.4 Å². The predicted molar refractivity (Wildman–Crippen MR) is 106 cm³/mol. The molecule has 1 aromatic heterocycles. The molecule has 9 heteroatoms. The Kier molecular flexibility index (Phi) is 8.86. The van der Waals surface area contributed by atoms with E-state index in [2.05, 4.69) is 10.5 Å². The maximum atomic E-state index is 12.2. The van der Waals surface area contributed by atoms with Crippen LogP contribution in [0, 0.1) is 13.8 Å². The number of benzene rings is 1. The second-order valence-corrected chi connectivity index (χ2v) is 6.45. The van der Waals surface area contributed by atoms with E-state index in [0.29, 0.717) is 31.1 Å². The number of carbonyl (C=O) groups excluding carboxylic acids is 3. The summed E-state index contributed by atoms with van der Waals surface area (Å²) < 4.78 is 20.6. The van der Waals surface area contributed by atoms with E-state index in [1.807, 2.05) is 6.92 Å². The van der Waals surface area contributed by atoms with Crippen LogP contribution >= 0.6 is 0 Å². The average molecular weight is 418 g/mol. The fourth-order valence-electron chi connectivity index (χ4n) is 2.54. The van der Waals surface area contributed by atoms with Gasteiger partial charge in [0.25, 0.3) is 5.91 Å². The van der Waals surface area contributed by atoms with Crippen LogP contribution in [0.1, 0.15) is 47.1 Å². The fourth-order valence-corrected chi connectivity index (χ4v) is 2.54. The van der Waals surface area contributed by atoms with Crippen molar-refractivity contribution in [1.82, 2.24) is 10.5 Å². The van der Waals surface area contributed by atoms with Gasteiger partial charge >= 0.3 is 11.9 Å². The molecule has 0 aliphatic rings. The molecule has 2 aromatic rings. The number of esters is 2. The number of hydrogen-bond donors (Lipinski definition) is 1. The molecular weight excluding hydrogens is 392 g/mol. The van der Waals surface area contributed by atoms with Gasteiger partial charge in [-0.05, 0) is 45.4 Å². The molecule has 1 N–H and O–H groups in total. The third kappa shape index (κ3) is 7.23. The van der Waals surface area contributed by atoms with E-state index in [-0.39, 0.29) is 24.6 Å². The molecule has 0 aliphatic heterocycles. The van der Waals surface area contributed by atoms with Gasteiger partial charge in [-0.15, -0.1) is 0 Å². The Bertz CT molecular complexity index is 856. The molecule has 0 fully saturated rings. The topological polar surface area (TPSA) is 117 Å². The maximum absolute atomic E-state index is 12.2. The standard InChI is InChI=1S/C21H26N2O7/c1-4-27-20(25)9-6-10-22-19(24)13-29-21(26)16-7-5-8-17(11-16)28-12-18-14(2)23-30-15(18)3/h5,7-8,11H,4,6,9-10,12-13H2,1-3H3,(H,22,24). The molecule has 1 amide bonds. The first kappa shape index (κ1) is 22.9. The second-order valence-electron chi connectivity index (χ2n) is 6.45. The molecule has 0 unspecified atom stereocenters. The average Bonchev–Trinajstić information content (AvgIpc) is 3.05. The van der Waals surface area contributed by atoms with E-state index in [0.717, 1.165) is 11.3 Å². The molecule has 0 spiro atoms. The van der Waals surface area contributed by atoms with Crippen LogP contribution in [0.5, 0.6) is 5.75 Å². The third-order valence-corrected chi connectivity index (χ3v) is 4.15. The molecule has 30 heavy (non-hydrogen) atoms. The minimum Gasteiger partial charge on any atom is -0.489 e. The van der Waals surface area contributed by atoms with Gasteiger partial charge in [-0.25, -0.2) is 4.79 Å². The van der Waals surface area contributed by atoms with Crippen LogP contribution in [0.4, 0.5) is 0 Å². The first-order valence-corrected chi connectivity index (χ1v) is 9.64. The van der Waals surface area contributed by atoms with Gasteiger partial charge in [-0.3, -0.25) is 9.59 Å². The smallest absolute Gasteiger partial charge is 0.338 e. The summed E-state index contributed by atoms with van der Waals surface area (Å²) in [5, 5.41) is 6.45. The molecular formula is C21H26N2O7. The number of nitrogens with one attached hydrogen (secondary N) is 1. The summed E-state index contributed by atoms with van der Waals surface area (Å²) in [5.41, 5.74) is 1.86. The Labute approximate surface area is 174 Å². The maximum Gasteiger partial charge on any atom is 0.338 e. The number of hydrogen-bond acceptors (Lipinski definition) is 8. The molecule has 9 nitrogen and oxygen atoms in total. The van der Waals surface area contributed by atoms with Crippen LogP contribution in [0.25, 0.3) is 0 Å². The molecule has 1 aromatic carbocycles. The highest BCUT2D eigenvalue weighted by atomic mass is 16.5. The van der Waals surface area contributed by atoms with Crippen LogP contribution < -0.4 is 10.1 Å². The summed E-state index contributed by atoms with van der Waals surface area (Å²) in [5.74, 6) is -0.240. The Morgan fingerprint density at radius 2 is 1.97 bits per heavy atom. The first-order valence-electron chi connectivity index (χ1n) is 9.64. The monoisotopic (exact) mass is 418 g/mol. The quantitative estimate of drug-likeness (QED) is 0.437. The van der Waals surface area contributed by atoms with E-state index < -0.39 is 18.5 Å². The predicted octanol–water partition coefficient (Wildman–Crippen LogP) is 2.49. The summed E-state index contributed by atoms with van der Waals surface area (Å²) >= 11 is 0. The van der Waals surface area contributed by atoms with Crippen LogP contribution in [0.2, 0.25) is 0 Å². The molecule has 1 heterocycles. The lowest BCUT2D eigenvalue weighted by atomic mass is 10.2. The van der Waals surface area contributed by atoms with Crippen LogP contribution in [0.15, 0.2) is 28.8 Å². The number of amides is 1. The number of nitrogens with zero attached hydrogens (tertiary/aromatic N) is 1. The van der Waals surface area contributed by atoms with E-state index in [1.54, 1.807) is 32.0 Å². The largest absolute Gasteiger partial charge is 0.489 e. The molecule has 0 saturated heterocycles. The summed E-state index contributed by atoms with van der Waals surface area (Å²) in [6.45, 7) is 5.82. The van der Waals surface area contributed by atoms with Crippen molar-refractivity contribution in [2.75, 3.05) is 19.8 Å². The van der Waals surface area contributed by atoms with Gasteiger partial charge in [-0.1, -0.05) is 11.2 Å². The van der Waals surface area contributed by atoms with Gasteiger partial charge in [0.15, 0.2) is 6.61 Å². The molecule has 0 aliphatic carbocycles. The lowest BCUT2D eigenvalue weighted by Crippen LogP contribution is -2.30. The van der Waals surface area contributed by atoms with Crippen molar-refractivity contribution in [3.05, 3.63) is 46.8 Å². The van der Waals surface area contributed by atoms with Crippen molar-refractivity contribution in [2.45, 2.75) is 40.2 Å². The van der Waals surface area contributed by atoms with Gasteiger partial charge in [-0.2, -0.15) is 0 Å². The highest BCUT2D eigenvalue weighted by Crippen LogP contribution is 2.19. The van der Waals surface area contributed by atoms with Crippen LogP contribution in [-0.2, 0) is 25.7 Å². The minimum absolute atomic E-state index is 0.217. The molecule has 0 atom stereocenters. The second kappa shape index (κ2) is 11.6. The molecule has 162 valence electrons. The van der Waals surface area contributed by atoms with E-state index >= 15 is 0 Å². The number of rotatable bonds is 11. The highest BCUT2D eigenvalue weighted by Gasteiger charge is 2.13. The lowest BCUT2D eigenvalue weighted by Gasteiger charge is -2.09. The Morgan fingerprint density at radius 3 is 2.67 bits per heavy atom. The van der Waals surface area contributed by atoms with Crippen molar-refractivity contribution in [1.29, 1.82) is 0 Å². The zero-order chi connectivity index (χ0) is 21.9. The zero-order valence-corrected chi connectivity index (χ0v) is 17.4. The van der Waals surface area contributed by atoms with Crippen molar-refractivity contribution in [3.63, 3.8) is 0 Å². The lowest BCUT2D eigenvalue weighted by molar-refractivity contribution is -0.143. The van der Waals surface area contributed by atoms with Crippen molar-refractivity contribution in [3.8, 4) is 5.75 Å². The summed E-state index contributed by atoms with van der Waals surface area (Å²) in [4.78, 5) is 35.2. The Balaban J connectivity index is 1.75. The van der Waals surface area contributed by atoms with Crippen molar-refractivity contribution < 1.29 is 33.1 Å². The van der Waals surface area contributed by atoms with Gasteiger partial charge in [0.2, 0.25) is 0 Å². The SMILES string of the molecule is CCOC(=O)CCCNC(=O)COC(=O)c1cccc(OCc2c(C)noc2C)c1. The van der Waals surface area contributed by atoms with Crippen LogP contribution in [-0.4, -0.2) is 42.8 Å². The highest BCUT2D eigenvalue weighted by molar-refractivity contribution is 5.91. The van der Waals surface area contributed by atoms with Crippen molar-refractivity contribution in [2.24, 2.45) is 0 Å². The Hall–Kier alpha value is -3.36. The molecule has 0 bridgehead atoms. The third-order valence-electron chi connectivity index (χ3n) is 4.15. The normalized spacial score (nSPS) is 10.4. The first-order chi connectivity index (χ1) is 14.4. The number of ether oxygens (including phenoxy) is 3. The fraction of sp³-hybridized carbons (Fsp3) is 0.429. The molecule has 2 rings (SSSR count). The van der Waals surface area contributed by atoms with Gasteiger partial charge in [0.1, 0.15) is 18.1 Å². The summed E-state index contributed by atoms with van der Waals surface area (Å²) in [6, 6.07) is 6.49. The number of carbonyl (C=O) groups is 3. The number of aromatic nitrogens is 1. The van der Waals surface area contributed by atoms with E-state index in [1.165, 1.54) is 6.07 Å². The summed E-state index contributed by atoms with van der Waals surface area (Å²) in [6.07, 6.45) is 0.664.